The Morgan fingerprint density at radius 3 is 2.60 bits per heavy atom. The van der Waals surface area contributed by atoms with E-state index in [2.05, 4.69) is 43.6 Å². The average molecular weight is 272 g/mol. The molecular weight excluding hydrogens is 258 g/mol. The number of nitrogens with one attached hydrogen (secondary N) is 2. The first kappa shape index (κ1) is 10.6. The molecule has 1 aliphatic rings. The lowest BCUT2D eigenvalue weighted by Gasteiger charge is -2.39. The van der Waals surface area contributed by atoms with Crippen molar-refractivity contribution in [1.29, 1.82) is 0 Å². The normalized spacial score (nSPS) is 18.1. The van der Waals surface area contributed by atoms with Crippen LogP contribution in [0.5, 0.6) is 0 Å². The van der Waals surface area contributed by atoms with E-state index in [-0.39, 0.29) is 5.54 Å². The third-order valence-corrected chi connectivity index (χ3v) is 3.55. The number of halogens is 1. The first-order valence-corrected chi connectivity index (χ1v) is 5.69. The molecule has 0 radical (unpaired) electrons. The number of nitrogen functional groups attached to an aromatic ring is 1. The Balaban J connectivity index is 2.20. The van der Waals surface area contributed by atoms with Crippen molar-refractivity contribution in [2.24, 2.45) is 5.84 Å². The summed E-state index contributed by atoms with van der Waals surface area (Å²) in [4.78, 5) is 8.19. The molecule has 0 spiro atoms. The summed E-state index contributed by atoms with van der Waals surface area (Å²) in [6, 6.07) is 0. The highest BCUT2D eigenvalue weighted by molar-refractivity contribution is 9.10. The van der Waals surface area contributed by atoms with Crippen molar-refractivity contribution in [2.45, 2.75) is 31.7 Å². The monoisotopic (exact) mass is 271 g/mol. The molecule has 0 aliphatic heterocycles. The second kappa shape index (κ2) is 3.94. The highest BCUT2D eigenvalue weighted by atomic mass is 79.9. The molecule has 0 bridgehead atoms. The number of hydrogen-bond acceptors (Lipinski definition) is 5. The van der Waals surface area contributed by atoms with Crippen LogP contribution in [-0.2, 0) is 0 Å². The molecule has 0 amide bonds. The van der Waals surface area contributed by atoms with E-state index in [1.165, 1.54) is 25.6 Å². The van der Waals surface area contributed by atoms with E-state index in [1.807, 2.05) is 0 Å². The number of aromatic nitrogens is 2. The Hall–Kier alpha value is -0.880. The molecule has 15 heavy (non-hydrogen) atoms. The number of rotatable bonds is 3. The zero-order chi connectivity index (χ0) is 10.9. The molecule has 0 unspecified atom stereocenters. The second-order valence-corrected chi connectivity index (χ2v) is 4.86. The van der Waals surface area contributed by atoms with Gasteiger partial charge in [0.15, 0.2) is 5.82 Å². The van der Waals surface area contributed by atoms with Gasteiger partial charge in [0.2, 0.25) is 0 Å². The predicted molar refractivity (Wildman–Crippen MR) is 63.4 cm³/mol. The summed E-state index contributed by atoms with van der Waals surface area (Å²) < 4.78 is 0.778. The van der Waals surface area contributed by atoms with Gasteiger partial charge in [0.1, 0.15) is 16.6 Å². The summed E-state index contributed by atoms with van der Waals surface area (Å²) in [5.74, 6) is 6.72. The van der Waals surface area contributed by atoms with Crippen LogP contribution in [0.2, 0.25) is 0 Å². The molecule has 1 aromatic heterocycles. The lowest BCUT2D eigenvalue weighted by atomic mass is 9.78. The van der Waals surface area contributed by atoms with Gasteiger partial charge >= 0.3 is 0 Å². The Morgan fingerprint density at radius 1 is 1.40 bits per heavy atom. The molecule has 0 aromatic carbocycles. The topological polar surface area (TPSA) is 75.9 Å². The summed E-state index contributed by atoms with van der Waals surface area (Å²) >= 11 is 3.42. The summed E-state index contributed by atoms with van der Waals surface area (Å²) in [5, 5.41) is 3.40. The van der Waals surface area contributed by atoms with Crippen molar-refractivity contribution in [1.82, 2.24) is 9.97 Å². The fraction of sp³-hybridized carbons (Fsp3) is 0.556. The van der Waals surface area contributed by atoms with Gasteiger partial charge in [-0.1, -0.05) is 0 Å². The highest BCUT2D eigenvalue weighted by Gasteiger charge is 2.32. The van der Waals surface area contributed by atoms with Gasteiger partial charge in [0, 0.05) is 5.54 Å². The molecule has 1 aliphatic carbocycles. The van der Waals surface area contributed by atoms with Crippen LogP contribution in [0.1, 0.15) is 26.2 Å². The predicted octanol–water partition coefficient (Wildman–Crippen LogP) is 1.88. The molecular formula is C9H14BrN5. The number of hydrogen-bond donors (Lipinski definition) is 3. The minimum atomic E-state index is 0.169. The van der Waals surface area contributed by atoms with Crippen LogP contribution in [0.15, 0.2) is 10.8 Å². The minimum absolute atomic E-state index is 0.169. The fourth-order valence-electron chi connectivity index (χ4n) is 1.68. The Kier molecular flexibility index (Phi) is 2.79. The van der Waals surface area contributed by atoms with E-state index in [0.717, 1.165) is 10.3 Å². The maximum Gasteiger partial charge on any atom is 0.159 e. The summed E-state index contributed by atoms with van der Waals surface area (Å²) in [6.45, 7) is 2.20. The molecule has 0 atom stereocenters. The van der Waals surface area contributed by atoms with Crippen molar-refractivity contribution in [2.75, 3.05) is 10.7 Å². The first-order chi connectivity index (χ1) is 7.14. The first-order valence-electron chi connectivity index (χ1n) is 4.90. The second-order valence-electron chi connectivity index (χ2n) is 4.07. The van der Waals surface area contributed by atoms with Gasteiger partial charge in [-0.3, -0.25) is 0 Å². The van der Waals surface area contributed by atoms with Crippen molar-refractivity contribution < 1.29 is 0 Å². The van der Waals surface area contributed by atoms with Gasteiger partial charge in [-0.25, -0.2) is 15.8 Å². The smallest absolute Gasteiger partial charge is 0.159 e. The SMILES string of the molecule is CC1(Nc2ncnc(NN)c2Br)CCC1. The van der Waals surface area contributed by atoms with Crippen molar-refractivity contribution in [3.63, 3.8) is 0 Å². The highest BCUT2D eigenvalue weighted by Crippen LogP contribution is 2.36. The van der Waals surface area contributed by atoms with Gasteiger partial charge in [-0.05, 0) is 42.1 Å². The quantitative estimate of drug-likeness (QED) is 0.578. The molecule has 4 N–H and O–H groups in total. The molecule has 5 nitrogen and oxygen atoms in total. The zero-order valence-electron chi connectivity index (χ0n) is 8.55. The van der Waals surface area contributed by atoms with E-state index < -0.39 is 0 Å². The fourth-order valence-corrected chi connectivity index (χ4v) is 2.09. The molecule has 82 valence electrons. The van der Waals surface area contributed by atoms with E-state index in [1.54, 1.807) is 0 Å². The van der Waals surface area contributed by atoms with Gasteiger partial charge in [0.25, 0.3) is 0 Å². The number of hydrazine groups is 1. The van der Waals surface area contributed by atoms with Crippen LogP contribution < -0.4 is 16.6 Å². The Morgan fingerprint density at radius 2 is 2.07 bits per heavy atom. The van der Waals surface area contributed by atoms with Gasteiger partial charge in [-0.2, -0.15) is 0 Å². The molecule has 6 heteroatoms. The standard InChI is InChI=1S/C9H14BrN5/c1-9(3-2-4-9)14-7-6(10)8(15-11)13-5-12-7/h5H,2-4,11H2,1H3,(H2,12,13,14,15). The lowest BCUT2D eigenvalue weighted by Crippen LogP contribution is -2.42. The molecule has 1 fully saturated rings. The summed E-state index contributed by atoms with van der Waals surface area (Å²) in [6.07, 6.45) is 5.11. The minimum Gasteiger partial charge on any atom is -0.364 e. The summed E-state index contributed by atoms with van der Waals surface area (Å²) in [7, 11) is 0. The third kappa shape index (κ3) is 2.05. The van der Waals surface area contributed by atoms with Crippen LogP contribution >= 0.6 is 15.9 Å². The van der Waals surface area contributed by atoms with Crippen LogP contribution in [-0.4, -0.2) is 15.5 Å². The van der Waals surface area contributed by atoms with Gasteiger partial charge in [-0.15, -0.1) is 0 Å². The maximum absolute atomic E-state index is 5.33. The van der Waals surface area contributed by atoms with Gasteiger partial charge < -0.3 is 10.7 Å². The third-order valence-electron chi connectivity index (χ3n) is 2.80. The van der Waals surface area contributed by atoms with E-state index in [0.29, 0.717) is 5.82 Å². The average Bonchev–Trinajstić information content (AvgIpc) is 2.19. The molecule has 2 rings (SSSR count). The molecule has 1 heterocycles. The lowest BCUT2D eigenvalue weighted by molar-refractivity contribution is 0.305. The van der Waals surface area contributed by atoms with E-state index in [9.17, 15) is 0 Å². The maximum atomic E-state index is 5.33. The summed E-state index contributed by atoms with van der Waals surface area (Å²) in [5.41, 5.74) is 2.69. The molecule has 1 aromatic rings. The number of nitrogens with two attached hydrogens (primary N) is 1. The Bertz CT molecular complexity index is 364. The van der Waals surface area contributed by atoms with E-state index >= 15 is 0 Å². The van der Waals surface area contributed by atoms with Gasteiger partial charge in [0.05, 0.1) is 0 Å². The largest absolute Gasteiger partial charge is 0.364 e. The Labute approximate surface area is 97.0 Å². The van der Waals surface area contributed by atoms with Crippen LogP contribution in [0, 0.1) is 0 Å². The van der Waals surface area contributed by atoms with Crippen LogP contribution in [0.25, 0.3) is 0 Å². The van der Waals surface area contributed by atoms with E-state index in [4.69, 9.17) is 5.84 Å². The van der Waals surface area contributed by atoms with Crippen molar-refractivity contribution in [3.05, 3.63) is 10.8 Å². The molecule has 0 saturated heterocycles. The van der Waals surface area contributed by atoms with Crippen molar-refractivity contribution in [3.8, 4) is 0 Å². The number of nitrogens with zero attached hydrogens (tertiary/aromatic N) is 2. The number of anilines is 2. The van der Waals surface area contributed by atoms with Crippen molar-refractivity contribution >= 4 is 27.6 Å². The van der Waals surface area contributed by atoms with Crippen LogP contribution in [0.4, 0.5) is 11.6 Å². The molecule has 1 saturated carbocycles. The zero-order valence-corrected chi connectivity index (χ0v) is 10.1. The van der Waals surface area contributed by atoms with Crippen LogP contribution in [0.3, 0.4) is 0 Å².